The minimum Gasteiger partial charge on any atom is -0.479 e. The van der Waals surface area contributed by atoms with E-state index in [0.717, 1.165) is 11.8 Å². The molecule has 0 bridgehead atoms. The zero-order valence-corrected chi connectivity index (χ0v) is 9.71. The Bertz CT molecular complexity index is 382. The van der Waals surface area contributed by atoms with Gasteiger partial charge in [0, 0.05) is 4.75 Å². The number of thioether (sulfide) groups is 1. The third-order valence-electron chi connectivity index (χ3n) is 2.77. The summed E-state index contributed by atoms with van der Waals surface area (Å²) in [6, 6.07) is -0.695. The molecular formula is C9H12N2O4S. The van der Waals surface area contributed by atoms with E-state index in [1.54, 1.807) is 13.8 Å². The van der Waals surface area contributed by atoms with Gasteiger partial charge in [0.15, 0.2) is 5.37 Å². The maximum Gasteiger partial charge on any atom is 0.337 e. The molecule has 2 aliphatic rings. The average molecular weight is 244 g/mol. The van der Waals surface area contributed by atoms with Gasteiger partial charge in [-0.2, -0.15) is 0 Å². The average Bonchev–Trinajstić information content (AvgIpc) is 2.46. The van der Waals surface area contributed by atoms with Crippen molar-refractivity contribution in [1.82, 2.24) is 10.2 Å². The fraction of sp³-hybridized carbons (Fsp3) is 0.667. The number of hydrogen-bond acceptors (Lipinski definition) is 4. The molecule has 2 amide bonds. The molecule has 0 aliphatic carbocycles. The predicted molar refractivity (Wildman–Crippen MR) is 56.7 cm³/mol. The Labute approximate surface area is 96.4 Å². The summed E-state index contributed by atoms with van der Waals surface area (Å²) < 4.78 is -0.580. The van der Waals surface area contributed by atoms with Crippen molar-refractivity contribution in [2.24, 2.45) is 0 Å². The van der Waals surface area contributed by atoms with E-state index in [2.05, 4.69) is 5.32 Å². The molecule has 7 heteroatoms. The zero-order valence-electron chi connectivity index (χ0n) is 8.89. The molecule has 0 spiro atoms. The van der Waals surface area contributed by atoms with Crippen molar-refractivity contribution in [3.05, 3.63) is 0 Å². The molecule has 2 aliphatic heterocycles. The SMILES string of the molecule is CC1(C)SC(C(=O)O)N2C(=O)CNC(=O)C21. The molecule has 2 saturated heterocycles. The van der Waals surface area contributed by atoms with Crippen LogP contribution in [0.25, 0.3) is 0 Å². The van der Waals surface area contributed by atoms with Gasteiger partial charge in [-0.1, -0.05) is 0 Å². The molecule has 2 unspecified atom stereocenters. The van der Waals surface area contributed by atoms with Gasteiger partial charge in [-0.3, -0.25) is 9.59 Å². The standard InChI is InChI=1S/C9H12N2O4S/c1-9(2)5-6(13)10-3-4(12)11(5)7(16-9)8(14)15/h5,7H,3H2,1-2H3,(H,10,13)(H,14,15). The summed E-state index contributed by atoms with van der Waals surface area (Å²) in [4.78, 5) is 35.6. The van der Waals surface area contributed by atoms with Crippen LogP contribution in [-0.4, -0.2) is 50.5 Å². The van der Waals surface area contributed by atoms with Gasteiger partial charge < -0.3 is 15.3 Å². The first-order valence-electron chi connectivity index (χ1n) is 4.84. The van der Waals surface area contributed by atoms with Crippen molar-refractivity contribution >= 4 is 29.5 Å². The maximum absolute atomic E-state index is 11.7. The van der Waals surface area contributed by atoms with E-state index in [4.69, 9.17) is 5.11 Å². The van der Waals surface area contributed by atoms with Crippen LogP contribution in [0, 0.1) is 0 Å². The third kappa shape index (κ3) is 1.46. The van der Waals surface area contributed by atoms with E-state index < -0.39 is 22.1 Å². The van der Waals surface area contributed by atoms with E-state index in [9.17, 15) is 14.4 Å². The van der Waals surface area contributed by atoms with Crippen molar-refractivity contribution in [1.29, 1.82) is 0 Å². The first-order chi connectivity index (χ1) is 7.34. The zero-order chi connectivity index (χ0) is 12.1. The smallest absolute Gasteiger partial charge is 0.337 e. The molecule has 2 atom stereocenters. The number of fused-ring (bicyclic) bond motifs is 1. The predicted octanol–water partition coefficient (Wildman–Crippen LogP) is -0.750. The van der Waals surface area contributed by atoms with Gasteiger partial charge in [-0.15, -0.1) is 11.8 Å². The van der Waals surface area contributed by atoms with E-state index in [0.29, 0.717) is 0 Å². The molecule has 16 heavy (non-hydrogen) atoms. The molecule has 6 nitrogen and oxygen atoms in total. The highest BCUT2D eigenvalue weighted by Crippen LogP contribution is 2.45. The van der Waals surface area contributed by atoms with Gasteiger partial charge in [0.2, 0.25) is 11.8 Å². The van der Waals surface area contributed by atoms with Gasteiger partial charge in [0.05, 0.1) is 6.54 Å². The van der Waals surface area contributed by atoms with E-state index in [1.807, 2.05) is 0 Å². The molecule has 2 rings (SSSR count). The number of rotatable bonds is 1. The Morgan fingerprint density at radius 3 is 2.75 bits per heavy atom. The van der Waals surface area contributed by atoms with Crippen LogP contribution >= 0.6 is 11.8 Å². The number of nitrogens with zero attached hydrogens (tertiary/aromatic N) is 1. The summed E-state index contributed by atoms with van der Waals surface area (Å²) in [7, 11) is 0. The number of carbonyl (C=O) groups excluding carboxylic acids is 2. The summed E-state index contributed by atoms with van der Waals surface area (Å²) >= 11 is 1.13. The quantitative estimate of drug-likeness (QED) is 0.633. The summed E-state index contributed by atoms with van der Waals surface area (Å²) in [6.45, 7) is 3.43. The fourth-order valence-corrected chi connectivity index (χ4v) is 3.49. The minimum absolute atomic E-state index is 0.115. The number of piperazine rings is 1. The molecule has 0 radical (unpaired) electrons. The summed E-state index contributed by atoms with van der Waals surface area (Å²) in [6.07, 6.45) is 0. The minimum atomic E-state index is -1.08. The van der Waals surface area contributed by atoms with Crippen LogP contribution in [0.4, 0.5) is 0 Å². The maximum atomic E-state index is 11.7. The fourth-order valence-electron chi connectivity index (χ4n) is 2.12. The lowest BCUT2D eigenvalue weighted by Gasteiger charge is -2.34. The lowest BCUT2D eigenvalue weighted by atomic mass is 9.99. The highest BCUT2D eigenvalue weighted by atomic mass is 32.2. The lowest BCUT2D eigenvalue weighted by Crippen LogP contribution is -2.62. The molecule has 2 fully saturated rings. The molecule has 0 aromatic rings. The normalized spacial score (nSPS) is 32.2. The second-order valence-corrected chi connectivity index (χ2v) is 6.07. The number of nitrogens with one attached hydrogen (secondary N) is 1. The van der Waals surface area contributed by atoms with Crippen molar-refractivity contribution in [2.75, 3.05) is 6.54 Å². The highest BCUT2D eigenvalue weighted by Gasteiger charge is 2.57. The first kappa shape index (κ1) is 11.3. The van der Waals surface area contributed by atoms with Gasteiger partial charge in [0.25, 0.3) is 0 Å². The molecule has 0 saturated carbocycles. The second-order valence-electron chi connectivity index (χ2n) is 4.33. The molecular weight excluding hydrogens is 232 g/mol. The number of aliphatic carboxylic acids is 1. The van der Waals surface area contributed by atoms with Crippen LogP contribution in [0.1, 0.15) is 13.8 Å². The number of hydrogen-bond donors (Lipinski definition) is 2. The Balaban J connectivity index is 2.41. The van der Waals surface area contributed by atoms with Crippen molar-refractivity contribution < 1.29 is 19.5 Å². The number of carboxylic acid groups (broad SMARTS) is 1. The largest absolute Gasteiger partial charge is 0.479 e. The van der Waals surface area contributed by atoms with Crippen molar-refractivity contribution in [2.45, 2.75) is 30.0 Å². The van der Waals surface area contributed by atoms with Crippen LogP contribution in [0.15, 0.2) is 0 Å². The van der Waals surface area contributed by atoms with Crippen LogP contribution in [0.5, 0.6) is 0 Å². The number of carboxylic acids is 1. The van der Waals surface area contributed by atoms with Crippen molar-refractivity contribution in [3.8, 4) is 0 Å². The second kappa shape index (κ2) is 3.38. The molecule has 0 aromatic carbocycles. The molecule has 0 aromatic heterocycles. The summed E-state index contributed by atoms with van der Waals surface area (Å²) in [5.74, 6) is -1.69. The van der Waals surface area contributed by atoms with Crippen LogP contribution in [-0.2, 0) is 14.4 Å². The summed E-state index contributed by atoms with van der Waals surface area (Å²) in [5.41, 5.74) is 0. The lowest BCUT2D eigenvalue weighted by molar-refractivity contribution is -0.153. The van der Waals surface area contributed by atoms with Crippen LogP contribution in [0.3, 0.4) is 0 Å². The molecule has 2 heterocycles. The molecule has 88 valence electrons. The summed E-state index contributed by atoms with van der Waals surface area (Å²) in [5, 5.41) is 10.6. The van der Waals surface area contributed by atoms with Gasteiger partial charge in [-0.25, -0.2) is 4.79 Å². The van der Waals surface area contributed by atoms with Crippen molar-refractivity contribution in [3.63, 3.8) is 0 Å². The first-order valence-corrected chi connectivity index (χ1v) is 5.72. The topological polar surface area (TPSA) is 86.7 Å². The van der Waals surface area contributed by atoms with Crippen LogP contribution < -0.4 is 5.32 Å². The van der Waals surface area contributed by atoms with E-state index in [1.165, 1.54) is 4.90 Å². The number of carbonyl (C=O) groups is 3. The third-order valence-corrected chi connectivity index (χ3v) is 4.25. The van der Waals surface area contributed by atoms with Gasteiger partial charge in [0.1, 0.15) is 6.04 Å². The van der Waals surface area contributed by atoms with Crippen LogP contribution in [0.2, 0.25) is 0 Å². The Morgan fingerprint density at radius 2 is 2.19 bits per heavy atom. The molecule has 2 N–H and O–H groups in total. The van der Waals surface area contributed by atoms with E-state index >= 15 is 0 Å². The monoisotopic (exact) mass is 244 g/mol. The Kier molecular flexibility index (Phi) is 2.37. The number of amides is 2. The Hall–Kier alpha value is -1.24. The Morgan fingerprint density at radius 1 is 1.56 bits per heavy atom. The van der Waals surface area contributed by atoms with Gasteiger partial charge >= 0.3 is 5.97 Å². The van der Waals surface area contributed by atoms with Gasteiger partial charge in [-0.05, 0) is 13.8 Å². The highest BCUT2D eigenvalue weighted by molar-refractivity contribution is 8.02. The van der Waals surface area contributed by atoms with E-state index in [-0.39, 0.29) is 18.4 Å².